The summed E-state index contributed by atoms with van der Waals surface area (Å²) in [5, 5.41) is 0. The Bertz CT molecular complexity index is 443. The molecule has 1 aromatic rings. The summed E-state index contributed by atoms with van der Waals surface area (Å²) in [5.74, 6) is 0. The second-order valence-corrected chi connectivity index (χ2v) is 3.78. The zero-order valence-electron chi connectivity index (χ0n) is 6.47. The number of carbonyl (C=O) groups excluding carboxylic acids is 1. The summed E-state index contributed by atoms with van der Waals surface area (Å²) in [6.45, 7) is 0. The first-order valence-corrected chi connectivity index (χ1v) is 4.71. The Hall–Kier alpha value is -0.400. The van der Waals surface area contributed by atoms with E-state index in [0.717, 1.165) is 6.07 Å². The van der Waals surface area contributed by atoms with Gasteiger partial charge in [0.25, 0.3) is 10.1 Å². The molecule has 72 valence electrons. The van der Waals surface area contributed by atoms with Gasteiger partial charge in [-0.15, -0.1) is 0 Å². The van der Waals surface area contributed by atoms with Crippen LogP contribution in [0, 0.1) is 0 Å². The number of nitrogen functional groups attached to an aromatic ring is 1. The van der Waals surface area contributed by atoms with Gasteiger partial charge in [-0.25, -0.2) is 0 Å². The van der Waals surface area contributed by atoms with Crippen molar-refractivity contribution in [3.8, 4) is 0 Å². The van der Waals surface area contributed by atoms with Gasteiger partial charge in [0.2, 0.25) is 0 Å². The number of benzene rings is 1. The van der Waals surface area contributed by atoms with Crippen molar-refractivity contribution in [2.75, 3.05) is 5.73 Å². The Morgan fingerprint density at radius 3 is 2.36 bits per heavy atom. The standard InChI is InChI=1S/C7H7NO4S.Na.H/c8-6-2-1-5(4-9)7(3-6)13(10,11)12;;/h1-4H,8H2,(H,10,11,12);;. The third-order valence-electron chi connectivity index (χ3n) is 1.44. The third-order valence-corrected chi connectivity index (χ3v) is 2.35. The molecule has 5 nitrogen and oxygen atoms in total. The molecule has 0 saturated heterocycles. The third kappa shape index (κ3) is 3.07. The van der Waals surface area contributed by atoms with Crippen molar-refractivity contribution in [3.05, 3.63) is 23.8 Å². The van der Waals surface area contributed by atoms with Gasteiger partial charge in [-0.1, -0.05) is 0 Å². The van der Waals surface area contributed by atoms with Crippen LogP contribution in [-0.2, 0) is 10.1 Å². The van der Waals surface area contributed by atoms with Crippen LogP contribution in [0.3, 0.4) is 0 Å². The molecular weight excluding hydrogens is 217 g/mol. The quantitative estimate of drug-likeness (QED) is 0.311. The summed E-state index contributed by atoms with van der Waals surface area (Å²) < 4.78 is 30.1. The summed E-state index contributed by atoms with van der Waals surface area (Å²) >= 11 is 0. The number of aldehydes is 1. The van der Waals surface area contributed by atoms with E-state index < -0.39 is 15.0 Å². The molecule has 0 radical (unpaired) electrons. The van der Waals surface area contributed by atoms with Crippen molar-refractivity contribution in [2.45, 2.75) is 4.90 Å². The first kappa shape index (κ1) is 13.6. The Morgan fingerprint density at radius 1 is 1.36 bits per heavy atom. The van der Waals surface area contributed by atoms with Crippen molar-refractivity contribution in [1.82, 2.24) is 0 Å². The molecule has 0 amide bonds. The average Bonchev–Trinajstić information content (AvgIpc) is 2.03. The van der Waals surface area contributed by atoms with E-state index in [4.69, 9.17) is 10.3 Å². The topological polar surface area (TPSA) is 97.5 Å². The van der Waals surface area contributed by atoms with Gasteiger partial charge in [0.15, 0.2) is 6.29 Å². The van der Waals surface area contributed by atoms with Crippen LogP contribution in [0.1, 0.15) is 10.4 Å². The van der Waals surface area contributed by atoms with Gasteiger partial charge >= 0.3 is 29.6 Å². The van der Waals surface area contributed by atoms with Crippen LogP contribution >= 0.6 is 0 Å². The molecule has 0 bridgehead atoms. The monoisotopic (exact) mass is 225 g/mol. The van der Waals surface area contributed by atoms with Gasteiger partial charge in [0.1, 0.15) is 4.90 Å². The van der Waals surface area contributed by atoms with Crippen molar-refractivity contribution in [3.63, 3.8) is 0 Å². The molecule has 1 rings (SSSR count). The molecule has 0 spiro atoms. The molecule has 0 aromatic heterocycles. The fourth-order valence-electron chi connectivity index (χ4n) is 0.872. The maximum absolute atomic E-state index is 10.7. The summed E-state index contributed by atoms with van der Waals surface area (Å²) in [7, 11) is -4.38. The molecule has 0 unspecified atom stereocenters. The first-order chi connectivity index (χ1) is 5.95. The number of nitrogens with two attached hydrogens (primary N) is 1. The number of hydrogen-bond donors (Lipinski definition) is 2. The maximum atomic E-state index is 10.7. The van der Waals surface area contributed by atoms with Crippen molar-refractivity contribution in [2.24, 2.45) is 0 Å². The van der Waals surface area contributed by atoms with Gasteiger partial charge in [-0.3, -0.25) is 9.35 Å². The number of carbonyl (C=O) groups is 1. The van der Waals surface area contributed by atoms with Gasteiger partial charge in [0, 0.05) is 11.3 Å². The van der Waals surface area contributed by atoms with Crippen molar-refractivity contribution in [1.29, 1.82) is 0 Å². The SMILES string of the molecule is Nc1ccc(C=O)c(S(=O)(=O)O)c1.[NaH]. The minimum atomic E-state index is -4.38. The number of hydrogen-bond acceptors (Lipinski definition) is 4. The molecule has 0 heterocycles. The van der Waals surface area contributed by atoms with E-state index in [0.29, 0.717) is 6.29 Å². The summed E-state index contributed by atoms with van der Waals surface area (Å²) in [6, 6.07) is 3.63. The van der Waals surface area contributed by atoms with E-state index in [-0.39, 0.29) is 40.8 Å². The molecule has 1 aromatic carbocycles. The molecular formula is C7H8NNaO4S. The van der Waals surface area contributed by atoms with E-state index in [1.165, 1.54) is 12.1 Å². The second kappa shape index (κ2) is 4.90. The van der Waals surface area contributed by atoms with Crippen molar-refractivity contribution < 1.29 is 17.8 Å². The Labute approximate surface area is 103 Å². The zero-order chi connectivity index (χ0) is 10.1. The summed E-state index contributed by atoms with van der Waals surface area (Å²) in [6.07, 6.45) is 0.336. The Kier molecular flexibility index (Phi) is 4.76. The predicted molar refractivity (Wildman–Crippen MR) is 53.2 cm³/mol. The van der Waals surface area contributed by atoms with Crippen LogP contribution in [0.5, 0.6) is 0 Å². The summed E-state index contributed by atoms with van der Waals surface area (Å²) in [5.41, 5.74) is 5.34. The predicted octanol–water partition coefficient (Wildman–Crippen LogP) is -0.321. The minimum absolute atomic E-state index is 0. The van der Waals surface area contributed by atoms with Crippen LogP contribution < -0.4 is 5.73 Å². The fraction of sp³-hybridized carbons (Fsp3) is 0. The van der Waals surface area contributed by atoms with Crippen LogP contribution in [0.4, 0.5) is 5.69 Å². The zero-order valence-corrected chi connectivity index (χ0v) is 7.28. The van der Waals surface area contributed by atoms with Gasteiger partial charge < -0.3 is 5.73 Å². The molecule has 0 fully saturated rings. The second-order valence-electron chi connectivity index (χ2n) is 2.39. The average molecular weight is 225 g/mol. The molecule has 14 heavy (non-hydrogen) atoms. The molecule has 0 aliphatic carbocycles. The Morgan fingerprint density at radius 2 is 1.93 bits per heavy atom. The molecule has 0 aliphatic heterocycles. The molecule has 0 saturated carbocycles. The van der Waals surface area contributed by atoms with Gasteiger partial charge in [0.05, 0.1) is 0 Å². The van der Waals surface area contributed by atoms with E-state index >= 15 is 0 Å². The van der Waals surface area contributed by atoms with E-state index in [1.807, 2.05) is 0 Å². The van der Waals surface area contributed by atoms with E-state index in [2.05, 4.69) is 0 Å². The molecule has 3 N–H and O–H groups in total. The van der Waals surface area contributed by atoms with Crippen LogP contribution in [-0.4, -0.2) is 48.8 Å². The molecule has 0 aliphatic rings. The van der Waals surface area contributed by atoms with Crippen LogP contribution in [0.25, 0.3) is 0 Å². The van der Waals surface area contributed by atoms with Gasteiger partial charge in [-0.05, 0) is 18.2 Å². The summed E-state index contributed by atoms with van der Waals surface area (Å²) in [4.78, 5) is 9.90. The molecule has 7 heteroatoms. The fourth-order valence-corrected chi connectivity index (χ4v) is 1.57. The number of rotatable bonds is 2. The van der Waals surface area contributed by atoms with Crippen molar-refractivity contribution >= 4 is 51.6 Å². The van der Waals surface area contributed by atoms with E-state index in [1.54, 1.807) is 0 Å². The van der Waals surface area contributed by atoms with Crippen LogP contribution in [0.15, 0.2) is 23.1 Å². The van der Waals surface area contributed by atoms with Crippen LogP contribution in [0.2, 0.25) is 0 Å². The Balaban J connectivity index is 0.00000169. The normalized spacial score (nSPS) is 10.4. The molecule has 0 atom stereocenters. The van der Waals surface area contributed by atoms with Gasteiger partial charge in [-0.2, -0.15) is 8.42 Å². The van der Waals surface area contributed by atoms with E-state index in [9.17, 15) is 13.2 Å². The first-order valence-electron chi connectivity index (χ1n) is 3.27. The number of anilines is 1.